The largest absolute Gasteiger partial charge is 0.458 e. The van der Waals surface area contributed by atoms with Crippen LogP contribution in [-0.2, 0) is 19.1 Å². The van der Waals surface area contributed by atoms with E-state index in [1.54, 1.807) is 6.08 Å². The fraction of sp³-hybridized carbons (Fsp3) is 0.500. The second-order valence-corrected chi connectivity index (χ2v) is 6.86. The number of aliphatic hydroxyl groups excluding tert-OH is 3. The summed E-state index contributed by atoms with van der Waals surface area (Å²) in [6, 6.07) is 0. The van der Waals surface area contributed by atoms with Gasteiger partial charge in [-0.1, -0.05) is 24.8 Å². The third kappa shape index (κ3) is 4.94. The number of hydrogen-bond donors (Lipinski definition) is 3. The second-order valence-electron chi connectivity index (χ2n) is 6.86. The van der Waals surface area contributed by atoms with Crippen molar-refractivity contribution in [2.45, 2.75) is 44.5 Å². The van der Waals surface area contributed by atoms with Gasteiger partial charge in [0.05, 0.1) is 24.7 Å². The summed E-state index contributed by atoms with van der Waals surface area (Å²) in [5.41, 5.74) is 1.60. The van der Waals surface area contributed by atoms with Gasteiger partial charge < -0.3 is 24.8 Å². The predicted molar refractivity (Wildman–Crippen MR) is 97.4 cm³/mol. The lowest BCUT2D eigenvalue weighted by atomic mass is 9.85. The van der Waals surface area contributed by atoms with Gasteiger partial charge in [-0.25, -0.2) is 9.59 Å². The van der Waals surface area contributed by atoms with Gasteiger partial charge in [-0.05, 0) is 31.4 Å². The van der Waals surface area contributed by atoms with Crippen LogP contribution in [0.1, 0.15) is 26.2 Å². The lowest BCUT2D eigenvalue weighted by Crippen LogP contribution is -2.35. The first-order valence-corrected chi connectivity index (χ1v) is 8.83. The van der Waals surface area contributed by atoms with Gasteiger partial charge in [0.15, 0.2) is 0 Å². The number of esters is 2. The molecule has 0 aromatic carbocycles. The van der Waals surface area contributed by atoms with Gasteiger partial charge in [0.25, 0.3) is 0 Å². The van der Waals surface area contributed by atoms with Crippen LogP contribution >= 0.6 is 0 Å². The van der Waals surface area contributed by atoms with Crippen molar-refractivity contribution in [2.24, 2.45) is 5.92 Å². The van der Waals surface area contributed by atoms with Crippen molar-refractivity contribution in [3.05, 3.63) is 47.6 Å². The molecule has 4 atom stereocenters. The number of allylic oxidation sites excluding steroid dienone is 1. The summed E-state index contributed by atoms with van der Waals surface area (Å²) >= 11 is 0. The third-order valence-corrected chi connectivity index (χ3v) is 4.84. The standard InChI is InChI=1S/C20H26O7/c1-11-5-4-6-14(9-21)8-17-18(13(3)20(25)27-17)16(7-11)26-19(24)12(2)15(23)10-22/h5,8,15-18,21-23H,2-4,6-7,9-10H2,1H3/b11-5-,14-8+/t15?,16-,17+,18+/m0/s1. The first kappa shape index (κ1) is 21.1. The Balaban J connectivity index is 2.36. The molecule has 1 heterocycles. The van der Waals surface area contributed by atoms with Crippen LogP contribution in [0.25, 0.3) is 0 Å². The molecule has 0 amide bonds. The van der Waals surface area contributed by atoms with E-state index in [4.69, 9.17) is 14.6 Å². The molecule has 27 heavy (non-hydrogen) atoms. The lowest BCUT2D eigenvalue weighted by molar-refractivity contribution is -0.148. The summed E-state index contributed by atoms with van der Waals surface area (Å²) in [7, 11) is 0. The third-order valence-electron chi connectivity index (χ3n) is 4.84. The Morgan fingerprint density at radius 3 is 2.78 bits per heavy atom. The molecule has 0 spiro atoms. The zero-order valence-electron chi connectivity index (χ0n) is 15.4. The minimum Gasteiger partial charge on any atom is -0.458 e. The van der Waals surface area contributed by atoms with Crippen molar-refractivity contribution in [3.8, 4) is 0 Å². The molecule has 2 rings (SSSR count). The van der Waals surface area contributed by atoms with Gasteiger partial charge in [0.2, 0.25) is 0 Å². The fourth-order valence-electron chi connectivity index (χ4n) is 3.23. The molecule has 148 valence electrons. The summed E-state index contributed by atoms with van der Waals surface area (Å²) in [5, 5.41) is 28.2. The molecular weight excluding hydrogens is 352 g/mol. The lowest BCUT2D eigenvalue weighted by Gasteiger charge is -2.28. The van der Waals surface area contributed by atoms with Gasteiger partial charge in [0, 0.05) is 12.0 Å². The molecule has 0 aromatic rings. The highest BCUT2D eigenvalue weighted by Crippen LogP contribution is 2.36. The van der Waals surface area contributed by atoms with E-state index < -0.39 is 42.8 Å². The molecule has 7 heteroatoms. The Kier molecular flexibility index (Phi) is 7.12. The molecular formula is C20H26O7. The van der Waals surface area contributed by atoms with Crippen LogP contribution in [0.5, 0.6) is 0 Å². The van der Waals surface area contributed by atoms with Gasteiger partial charge >= 0.3 is 11.9 Å². The SMILES string of the molecule is C=C(C(=O)O[C@H]1C/C(C)=C\CC/C(CO)=C\[C@H]2OC(=O)C(=C)[C@H]12)C(O)CO. The van der Waals surface area contributed by atoms with Crippen LogP contribution in [0.4, 0.5) is 0 Å². The Hall–Kier alpha value is -2.22. The van der Waals surface area contributed by atoms with E-state index in [-0.39, 0.29) is 17.8 Å². The molecule has 3 N–H and O–H groups in total. The highest BCUT2D eigenvalue weighted by atomic mass is 16.6. The number of aliphatic hydroxyl groups is 3. The first-order chi connectivity index (χ1) is 12.8. The van der Waals surface area contributed by atoms with Crippen LogP contribution in [-0.4, -0.2) is 58.8 Å². The number of carbonyl (C=O) groups excluding carboxylic acids is 2. The van der Waals surface area contributed by atoms with Gasteiger partial charge in [-0.15, -0.1) is 0 Å². The summed E-state index contributed by atoms with van der Waals surface area (Å²) < 4.78 is 10.9. The van der Waals surface area contributed by atoms with Crippen LogP contribution < -0.4 is 0 Å². The van der Waals surface area contributed by atoms with Crippen LogP contribution in [0, 0.1) is 5.92 Å². The fourth-order valence-corrected chi connectivity index (χ4v) is 3.23. The van der Waals surface area contributed by atoms with E-state index >= 15 is 0 Å². The maximum atomic E-state index is 12.3. The Bertz CT molecular complexity index is 688. The van der Waals surface area contributed by atoms with Crippen molar-refractivity contribution in [1.82, 2.24) is 0 Å². The normalized spacial score (nSPS) is 30.9. The van der Waals surface area contributed by atoms with E-state index in [9.17, 15) is 19.8 Å². The van der Waals surface area contributed by atoms with Crippen molar-refractivity contribution in [3.63, 3.8) is 0 Å². The monoisotopic (exact) mass is 378 g/mol. The van der Waals surface area contributed by atoms with E-state index in [0.717, 1.165) is 11.1 Å². The number of rotatable bonds is 5. The highest BCUT2D eigenvalue weighted by Gasteiger charge is 2.44. The Morgan fingerprint density at radius 2 is 2.15 bits per heavy atom. The summed E-state index contributed by atoms with van der Waals surface area (Å²) in [6.45, 7) is 8.32. The van der Waals surface area contributed by atoms with E-state index in [1.807, 2.05) is 13.0 Å². The molecule has 0 saturated carbocycles. The predicted octanol–water partition coefficient (Wildman–Crippen LogP) is 0.954. The minimum absolute atomic E-state index is 0.163. The molecule has 0 radical (unpaired) electrons. The summed E-state index contributed by atoms with van der Waals surface area (Å²) in [6.07, 6.45) is 2.46. The van der Waals surface area contributed by atoms with Gasteiger partial charge in [0.1, 0.15) is 18.3 Å². The maximum Gasteiger partial charge on any atom is 0.336 e. The molecule has 7 nitrogen and oxygen atoms in total. The zero-order valence-corrected chi connectivity index (χ0v) is 15.4. The number of fused-ring (bicyclic) bond motifs is 1. The van der Waals surface area contributed by atoms with Crippen molar-refractivity contribution in [1.29, 1.82) is 0 Å². The quantitative estimate of drug-likeness (QED) is 0.371. The summed E-state index contributed by atoms with van der Waals surface area (Å²) in [5.74, 6) is -2.05. The van der Waals surface area contributed by atoms with Crippen LogP contribution in [0.3, 0.4) is 0 Å². The molecule has 1 aliphatic carbocycles. The number of hydrogen-bond acceptors (Lipinski definition) is 7. The molecule has 2 aliphatic rings. The Morgan fingerprint density at radius 1 is 1.44 bits per heavy atom. The topological polar surface area (TPSA) is 113 Å². The van der Waals surface area contributed by atoms with Gasteiger partial charge in [-0.3, -0.25) is 0 Å². The molecule has 1 aliphatic heterocycles. The summed E-state index contributed by atoms with van der Waals surface area (Å²) in [4.78, 5) is 24.4. The molecule has 0 bridgehead atoms. The smallest absolute Gasteiger partial charge is 0.336 e. The van der Waals surface area contributed by atoms with Crippen molar-refractivity contribution < 1.29 is 34.4 Å². The van der Waals surface area contributed by atoms with E-state index in [0.29, 0.717) is 19.3 Å². The van der Waals surface area contributed by atoms with Gasteiger partial charge in [-0.2, -0.15) is 0 Å². The maximum absolute atomic E-state index is 12.3. The van der Waals surface area contributed by atoms with Crippen molar-refractivity contribution >= 4 is 11.9 Å². The van der Waals surface area contributed by atoms with Crippen LogP contribution in [0.15, 0.2) is 47.6 Å². The zero-order chi connectivity index (χ0) is 20.1. The van der Waals surface area contributed by atoms with Crippen LogP contribution in [0.2, 0.25) is 0 Å². The molecule has 1 saturated heterocycles. The Labute approximate surface area is 158 Å². The number of ether oxygens (including phenoxy) is 2. The molecule has 1 unspecified atom stereocenters. The second kappa shape index (κ2) is 9.12. The van der Waals surface area contributed by atoms with E-state index in [2.05, 4.69) is 13.2 Å². The average molecular weight is 378 g/mol. The first-order valence-electron chi connectivity index (χ1n) is 8.83. The number of carbonyl (C=O) groups is 2. The van der Waals surface area contributed by atoms with E-state index in [1.165, 1.54) is 0 Å². The van der Waals surface area contributed by atoms with Crippen molar-refractivity contribution in [2.75, 3.05) is 13.2 Å². The minimum atomic E-state index is -1.42. The highest BCUT2D eigenvalue weighted by molar-refractivity contribution is 5.92. The molecule has 0 aromatic heterocycles. The average Bonchev–Trinajstić information content (AvgIpc) is 2.92. The molecule has 1 fully saturated rings.